The van der Waals surface area contributed by atoms with Crippen LogP contribution in [0, 0.1) is 0 Å². The number of amides is 1. The highest BCUT2D eigenvalue weighted by atomic mass is 16.2. The van der Waals surface area contributed by atoms with Crippen LogP contribution in [-0.4, -0.2) is 40.7 Å². The van der Waals surface area contributed by atoms with Crippen molar-refractivity contribution in [2.24, 2.45) is 0 Å². The zero-order chi connectivity index (χ0) is 10.6. The van der Waals surface area contributed by atoms with E-state index >= 15 is 0 Å². The first-order chi connectivity index (χ1) is 6.61. The molecule has 5 heteroatoms. The van der Waals surface area contributed by atoms with Gasteiger partial charge in [-0.3, -0.25) is 9.59 Å². The highest BCUT2D eigenvalue weighted by molar-refractivity contribution is 6.06. The lowest BCUT2D eigenvalue weighted by Crippen LogP contribution is -2.24. The predicted molar refractivity (Wildman–Crippen MR) is 49.7 cm³/mol. The lowest BCUT2D eigenvalue weighted by molar-refractivity contribution is -0.127. The van der Waals surface area contributed by atoms with Crippen molar-refractivity contribution in [3.8, 4) is 0 Å². The molecule has 0 fully saturated rings. The molecule has 0 atom stereocenters. The molecule has 1 aromatic heterocycles. The first-order valence-electron chi connectivity index (χ1n) is 4.09. The van der Waals surface area contributed by atoms with E-state index in [1.165, 1.54) is 23.6 Å². The van der Waals surface area contributed by atoms with Crippen molar-refractivity contribution in [1.82, 2.24) is 14.9 Å². The Morgan fingerprint density at radius 2 is 1.86 bits per heavy atom. The number of carbonyl (C=O) groups excluding carboxylic acids is 2. The van der Waals surface area contributed by atoms with Crippen molar-refractivity contribution in [3.05, 3.63) is 24.3 Å². The average molecular weight is 193 g/mol. The average Bonchev–Trinajstić information content (AvgIpc) is 2.19. The molecule has 0 aliphatic carbocycles. The highest BCUT2D eigenvalue weighted by Gasteiger charge is 2.13. The minimum Gasteiger partial charge on any atom is -0.348 e. The van der Waals surface area contributed by atoms with Crippen molar-refractivity contribution < 1.29 is 9.59 Å². The number of nitrogens with zero attached hydrogens (tertiary/aromatic N) is 3. The number of aromatic nitrogens is 2. The van der Waals surface area contributed by atoms with Crippen molar-refractivity contribution in [1.29, 1.82) is 0 Å². The van der Waals surface area contributed by atoms with E-state index in [4.69, 9.17) is 0 Å². The third kappa shape index (κ3) is 2.62. The van der Waals surface area contributed by atoms with Gasteiger partial charge in [-0.1, -0.05) is 0 Å². The Bertz CT molecular complexity index is 335. The van der Waals surface area contributed by atoms with Crippen LogP contribution in [0.2, 0.25) is 0 Å². The fourth-order valence-corrected chi connectivity index (χ4v) is 0.841. The second-order valence-electron chi connectivity index (χ2n) is 3.02. The Balaban J connectivity index is 2.65. The molecule has 0 aliphatic rings. The highest BCUT2D eigenvalue weighted by Crippen LogP contribution is 2.00. The zero-order valence-corrected chi connectivity index (χ0v) is 8.10. The molecule has 1 heterocycles. The maximum absolute atomic E-state index is 11.4. The van der Waals surface area contributed by atoms with Gasteiger partial charge in [-0.2, -0.15) is 0 Å². The lowest BCUT2D eigenvalue weighted by atomic mass is 10.1. The molecule has 0 bridgehead atoms. The van der Waals surface area contributed by atoms with Gasteiger partial charge < -0.3 is 4.90 Å². The maximum atomic E-state index is 11.4. The summed E-state index contributed by atoms with van der Waals surface area (Å²) < 4.78 is 0. The summed E-state index contributed by atoms with van der Waals surface area (Å²) in [5, 5.41) is 0. The van der Waals surface area contributed by atoms with E-state index in [2.05, 4.69) is 9.97 Å². The topological polar surface area (TPSA) is 63.2 Å². The van der Waals surface area contributed by atoms with Gasteiger partial charge in [0, 0.05) is 26.5 Å². The molecule has 0 radical (unpaired) electrons. The molecule has 0 aromatic carbocycles. The van der Waals surface area contributed by atoms with E-state index in [-0.39, 0.29) is 18.1 Å². The number of ketones is 1. The largest absolute Gasteiger partial charge is 0.348 e. The molecule has 1 rings (SSSR count). The number of hydrogen-bond acceptors (Lipinski definition) is 4. The quantitative estimate of drug-likeness (QED) is 0.506. The SMILES string of the molecule is CN(C)C(=O)CC(=O)c1cncnc1. The van der Waals surface area contributed by atoms with Crippen molar-refractivity contribution >= 4 is 11.7 Å². The summed E-state index contributed by atoms with van der Waals surface area (Å²) in [6.07, 6.45) is 4.00. The minimum atomic E-state index is -0.260. The summed E-state index contributed by atoms with van der Waals surface area (Å²) in [4.78, 5) is 31.4. The Labute approximate surface area is 81.8 Å². The third-order valence-electron chi connectivity index (χ3n) is 1.69. The molecule has 0 unspecified atom stereocenters. The summed E-state index contributed by atoms with van der Waals surface area (Å²) in [6.45, 7) is 0. The Hall–Kier alpha value is -1.78. The van der Waals surface area contributed by atoms with E-state index in [9.17, 15) is 9.59 Å². The molecule has 0 spiro atoms. The van der Waals surface area contributed by atoms with Gasteiger partial charge in [0.05, 0.1) is 12.0 Å². The Kier molecular flexibility index (Phi) is 3.28. The van der Waals surface area contributed by atoms with Gasteiger partial charge in [0.15, 0.2) is 5.78 Å². The van der Waals surface area contributed by atoms with E-state index in [1.54, 1.807) is 14.1 Å². The smallest absolute Gasteiger partial charge is 0.229 e. The number of hydrogen-bond donors (Lipinski definition) is 0. The molecule has 1 aromatic rings. The third-order valence-corrected chi connectivity index (χ3v) is 1.69. The van der Waals surface area contributed by atoms with Gasteiger partial charge in [-0.25, -0.2) is 9.97 Å². The zero-order valence-electron chi connectivity index (χ0n) is 8.10. The van der Waals surface area contributed by atoms with Crippen molar-refractivity contribution in [2.75, 3.05) is 14.1 Å². The second-order valence-corrected chi connectivity index (χ2v) is 3.02. The van der Waals surface area contributed by atoms with Gasteiger partial charge in [0.1, 0.15) is 6.33 Å². The van der Waals surface area contributed by atoms with Crippen LogP contribution in [0.5, 0.6) is 0 Å². The normalized spacial score (nSPS) is 9.57. The van der Waals surface area contributed by atoms with Gasteiger partial charge in [-0.05, 0) is 0 Å². The van der Waals surface area contributed by atoms with Crippen LogP contribution in [0.25, 0.3) is 0 Å². The molecule has 5 nitrogen and oxygen atoms in total. The van der Waals surface area contributed by atoms with E-state index in [0.717, 1.165) is 0 Å². The predicted octanol–water partition coefficient (Wildman–Crippen LogP) is 0.138. The molecule has 0 aliphatic heterocycles. The summed E-state index contributed by atoms with van der Waals surface area (Å²) in [5.74, 6) is -0.483. The van der Waals surface area contributed by atoms with Crippen LogP contribution in [0.3, 0.4) is 0 Å². The van der Waals surface area contributed by atoms with Gasteiger partial charge in [0.25, 0.3) is 0 Å². The minimum absolute atomic E-state index is 0.139. The van der Waals surface area contributed by atoms with E-state index < -0.39 is 0 Å². The molecule has 14 heavy (non-hydrogen) atoms. The van der Waals surface area contributed by atoms with E-state index in [1.807, 2.05) is 0 Å². The molecule has 74 valence electrons. The Morgan fingerprint density at radius 1 is 1.29 bits per heavy atom. The molecular weight excluding hydrogens is 182 g/mol. The molecule has 0 N–H and O–H groups in total. The van der Waals surface area contributed by atoms with Crippen LogP contribution in [0.15, 0.2) is 18.7 Å². The first-order valence-corrected chi connectivity index (χ1v) is 4.09. The van der Waals surface area contributed by atoms with Crippen LogP contribution >= 0.6 is 0 Å². The van der Waals surface area contributed by atoms with Gasteiger partial charge in [0.2, 0.25) is 5.91 Å². The Morgan fingerprint density at radius 3 is 2.36 bits per heavy atom. The second kappa shape index (κ2) is 4.45. The summed E-state index contributed by atoms with van der Waals surface area (Å²) in [7, 11) is 3.22. The fraction of sp³-hybridized carbons (Fsp3) is 0.333. The van der Waals surface area contributed by atoms with Gasteiger partial charge >= 0.3 is 0 Å². The van der Waals surface area contributed by atoms with Crippen LogP contribution in [0.1, 0.15) is 16.8 Å². The van der Waals surface area contributed by atoms with Crippen LogP contribution < -0.4 is 0 Å². The fourth-order valence-electron chi connectivity index (χ4n) is 0.841. The molecule has 0 saturated carbocycles. The van der Waals surface area contributed by atoms with Crippen molar-refractivity contribution in [3.63, 3.8) is 0 Å². The number of carbonyl (C=O) groups is 2. The summed E-state index contributed by atoms with van der Waals surface area (Å²) in [5.41, 5.74) is 0.364. The summed E-state index contributed by atoms with van der Waals surface area (Å²) in [6, 6.07) is 0. The first kappa shape index (κ1) is 10.3. The van der Waals surface area contributed by atoms with Crippen LogP contribution in [0.4, 0.5) is 0 Å². The molecular formula is C9H11N3O2. The molecule has 0 saturated heterocycles. The maximum Gasteiger partial charge on any atom is 0.229 e. The monoisotopic (exact) mass is 193 g/mol. The number of Topliss-reactive ketones (excluding diaryl/α,β-unsaturated/α-hetero) is 1. The lowest BCUT2D eigenvalue weighted by Gasteiger charge is -2.08. The summed E-state index contributed by atoms with van der Waals surface area (Å²) >= 11 is 0. The van der Waals surface area contributed by atoms with E-state index in [0.29, 0.717) is 5.56 Å². The van der Waals surface area contributed by atoms with Gasteiger partial charge in [-0.15, -0.1) is 0 Å². The number of rotatable bonds is 3. The van der Waals surface area contributed by atoms with Crippen LogP contribution in [-0.2, 0) is 4.79 Å². The van der Waals surface area contributed by atoms with Crippen molar-refractivity contribution in [2.45, 2.75) is 6.42 Å². The molecule has 1 amide bonds. The standard InChI is InChI=1S/C9H11N3O2/c1-12(2)9(14)3-8(13)7-4-10-6-11-5-7/h4-6H,3H2,1-2H3.